The molecule has 0 radical (unpaired) electrons. The third-order valence-electron chi connectivity index (χ3n) is 2.36. The summed E-state index contributed by atoms with van der Waals surface area (Å²) in [4.78, 5) is 0. The van der Waals surface area contributed by atoms with Crippen molar-refractivity contribution in [1.82, 2.24) is 0 Å². The molecule has 0 unspecified atom stereocenters. The minimum atomic E-state index is -0.753. The number of aryl methyl sites for hydroxylation is 1. The summed E-state index contributed by atoms with van der Waals surface area (Å²) in [5, 5.41) is 9.18. The Morgan fingerprint density at radius 3 is 2.64 bits per heavy atom. The molecule has 0 aromatic heterocycles. The summed E-state index contributed by atoms with van der Waals surface area (Å²) in [6.07, 6.45) is 0. The second-order valence-corrected chi connectivity index (χ2v) is 3.73. The lowest BCUT2D eigenvalue weighted by Gasteiger charge is -2.25. The number of para-hydroxylation sites is 1. The maximum atomic E-state index is 9.18. The lowest BCUT2D eigenvalue weighted by atomic mass is 9.92. The molecule has 0 bridgehead atoms. The molecule has 3 heteroatoms. The van der Waals surface area contributed by atoms with Crippen LogP contribution in [0.2, 0.25) is 0 Å². The molecule has 0 aliphatic heterocycles. The van der Waals surface area contributed by atoms with E-state index >= 15 is 0 Å². The number of benzene rings is 1. The van der Waals surface area contributed by atoms with E-state index < -0.39 is 5.54 Å². The zero-order valence-electron chi connectivity index (χ0n) is 8.87. The minimum absolute atomic E-state index is 0.104. The molecule has 0 fully saturated rings. The first-order valence-electron chi connectivity index (χ1n) is 4.56. The predicted molar refractivity (Wildman–Crippen MR) is 56.4 cm³/mol. The van der Waals surface area contributed by atoms with Crippen LogP contribution in [-0.2, 0) is 5.54 Å². The van der Waals surface area contributed by atoms with Crippen molar-refractivity contribution in [3.8, 4) is 5.75 Å². The second-order valence-electron chi connectivity index (χ2n) is 3.73. The molecule has 1 aromatic rings. The average molecular weight is 195 g/mol. The number of rotatable bonds is 3. The highest BCUT2D eigenvalue weighted by molar-refractivity contribution is 5.44. The first-order chi connectivity index (χ1) is 6.53. The van der Waals surface area contributed by atoms with Crippen LogP contribution >= 0.6 is 0 Å². The molecule has 0 amide bonds. The Bertz CT molecular complexity index is 321. The standard InChI is InChI=1S/C11H17NO2/c1-8-5-4-6-9(10(8)14-3)11(2,12)7-13/h4-6,13H,7,12H2,1-3H3/t11-/m1/s1. The van der Waals surface area contributed by atoms with Crippen LogP contribution in [-0.4, -0.2) is 18.8 Å². The van der Waals surface area contributed by atoms with E-state index in [1.54, 1.807) is 14.0 Å². The smallest absolute Gasteiger partial charge is 0.126 e. The molecule has 3 nitrogen and oxygen atoms in total. The molecule has 0 heterocycles. The van der Waals surface area contributed by atoms with E-state index in [9.17, 15) is 5.11 Å². The summed E-state index contributed by atoms with van der Waals surface area (Å²) >= 11 is 0. The highest BCUT2D eigenvalue weighted by Gasteiger charge is 2.24. The second kappa shape index (κ2) is 3.98. The van der Waals surface area contributed by atoms with Gasteiger partial charge in [0.1, 0.15) is 5.75 Å². The molecule has 0 spiro atoms. The van der Waals surface area contributed by atoms with Gasteiger partial charge in [-0.25, -0.2) is 0 Å². The molecule has 3 N–H and O–H groups in total. The van der Waals surface area contributed by atoms with E-state index in [1.807, 2.05) is 25.1 Å². The van der Waals surface area contributed by atoms with Crippen molar-refractivity contribution in [3.63, 3.8) is 0 Å². The van der Waals surface area contributed by atoms with Crippen molar-refractivity contribution in [3.05, 3.63) is 29.3 Å². The summed E-state index contributed by atoms with van der Waals surface area (Å²) in [5.41, 5.74) is 7.06. The summed E-state index contributed by atoms with van der Waals surface area (Å²) < 4.78 is 5.27. The summed E-state index contributed by atoms with van der Waals surface area (Å²) in [5.74, 6) is 0.756. The maximum Gasteiger partial charge on any atom is 0.126 e. The number of aliphatic hydroxyl groups is 1. The fraction of sp³-hybridized carbons (Fsp3) is 0.455. The van der Waals surface area contributed by atoms with E-state index in [0.29, 0.717) is 0 Å². The fourth-order valence-corrected chi connectivity index (χ4v) is 1.46. The Balaban J connectivity index is 3.27. The van der Waals surface area contributed by atoms with Gasteiger partial charge in [-0.1, -0.05) is 18.2 Å². The van der Waals surface area contributed by atoms with Crippen molar-refractivity contribution in [1.29, 1.82) is 0 Å². The first kappa shape index (κ1) is 11.0. The molecular formula is C11H17NO2. The van der Waals surface area contributed by atoms with Gasteiger partial charge in [-0.2, -0.15) is 0 Å². The lowest BCUT2D eigenvalue weighted by molar-refractivity contribution is 0.206. The Hall–Kier alpha value is -1.06. The summed E-state index contributed by atoms with van der Waals surface area (Å²) in [6.45, 7) is 3.63. The number of ether oxygens (including phenoxy) is 1. The van der Waals surface area contributed by atoms with Crippen LogP contribution < -0.4 is 10.5 Å². The van der Waals surface area contributed by atoms with Gasteiger partial charge in [-0.3, -0.25) is 0 Å². The first-order valence-corrected chi connectivity index (χ1v) is 4.56. The highest BCUT2D eigenvalue weighted by Crippen LogP contribution is 2.30. The zero-order chi connectivity index (χ0) is 10.8. The average Bonchev–Trinajstić information content (AvgIpc) is 2.17. The van der Waals surface area contributed by atoms with Gasteiger partial charge in [0.25, 0.3) is 0 Å². The highest BCUT2D eigenvalue weighted by atomic mass is 16.5. The normalized spacial score (nSPS) is 14.9. The topological polar surface area (TPSA) is 55.5 Å². The molecule has 78 valence electrons. The third kappa shape index (κ3) is 1.89. The van der Waals surface area contributed by atoms with Crippen LogP contribution in [0.4, 0.5) is 0 Å². The van der Waals surface area contributed by atoms with Crippen LogP contribution in [0.1, 0.15) is 18.1 Å². The molecule has 1 aromatic carbocycles. The van der Waals surface area contributed by atoms with E-state index in [1.165, 1.54) is 0 Å². The lowest BCUT2D eigenvalue weighted by Crippen LogP contribution is -2.37. The minimum Gasteiger partial charge on any atom is -0.496 e. The number of hydrogen-bond acceptors (Lipinski definition) is 3. The molecule has 0 saturated heterocycles. The van der Waals surface area contributed by atoms with E-state index in [2.05, 4.69) is 0 Å². The fourth-order valence-electron chi connectivity index (χ4n) is 1.46. The van der Waals surface area contributed by atoms with Crippen LogP contribution in [0, 0.1) is 6.92 Å². The summed E-state index contributed by atoms with van der Waals surface area (Å²) in [6, 6.07) is 5.74. The number of methoxy groups -OCH3 is 1. The molecule has 0 saturated carbocycles. The van der Waals surface area contributed by atoms with E-state index in [4.69, 9.17) is 10.5 Å². The van der Waals surface area contributed by atoms with Crippen LogP contribution in [0.15, 0.2) is 18.2 Å². The molecule has 1 atom stereocenters. The Morgan fingerprint density at radius 1 is 1.50 bits per heavy atom. The number of nitrogens with two attached hydrogens (primary N) is 1. The Labute approximate surface area is 84.5 Å². The Morgan fingerprint density at radius 2 is 2.14 bits per heavy atom. The van der Waals surface area contributed by atoms with Crippen molar-refractivity contribution >= 4 is 0 Å². The van der Waals surface area contributed by atoms with Crippen LogP contribution in [0.25, 0.3) is 0 Å². The quantitative estimate of drug-likeness (QED) is 0.761. The molecule has 1 rings (SSSR count). The van der Waals surface area contributed by atoms with Gasteiger partial charge in [0.15, 0.2) is 0 Å². The number of hydrogen-bond donors (Lipinski definition) is 2. The summed E-state index contributed by atoms with van der Waals surface area (Å²) in [7, 11) is 1.61. The Kier molecular flexibility index (Phi) is 3.13. The molecular weight excluding hydrogens is 178 g/mol. The van der Waals surface area contributed by atoms with Crippen molar-refractivity contribution < 1.29 is 9.84 Å². The van der Waals surface area contributed by atoms with Crippen molar-refractivity contribution in [2.45, 2.75) is 19.4 Å². The van der Waals surface area contributed by atoms with Gasteiger partial charge in [0, 0.05) is 5.56 Å². The molecule has 14 heavy (non-hydrogen) atoms. The zero-order valence-corrected chi connectivity index (χ0v) is 8.87. The van der Waals surface area contributed by atoms with Gasteiger partial charge in [-0.05, 0) is 19.4 Å². The van der Waals surface area contributed by atoms with Crippen molar-refractivity contribution in [2.75, 3.05) is 13.7 Å². The van der Waals surface area contributed by atoms with Gasteiger partial charge < -0.3 is 15.6 Å². The van der Waals surface area contributed by atoms with Gasteiger partial charge >= 0.3 is 0 Å². The van der Waals surface area contributed by atoms with E-state index in [0.717, 1.165) is 16.9 Å². The third-order valence-corrected chi connectivity index (χ3v) is 2.36. The molecule has 0 aliphatic carbocycles. The van der Waals surface area contributed by atoms with E-state index in [-0.39, 0.29) is 6.61 Å². The van der Waals surface area contributed by atoms with Crippen molar-refractivity contribution in [2.24, 2.45) is 5.73 Å². The predicted octanol–water partition coefficient (Wildman–Crippen LogP) is 1.17. The van der Waals surface area contributed by atoms with Gasteiger partial charge in [0.2, 0.25) is 0 Å². The monoisotopic (exact) mass is 195 g/mol. The van der Waals surface area contributed by atoms with Crippen LogP contribution in [0.5, 0.6) is 5.75 Å². The van der Waals surface area contributed by atoms with Crippen LogP contribution in [0.3, 0.4) is 0 Å². The van der Waals surface area contributed by atoms with Gasteiger partial charge in [0.05, 0.1) is 19.3 Å². The number of aliphatic hydroxyl groups excluding tert-OH is 1. The van der Waals surface area contributed by atoms with Gasteiger partial charge in [-0.15, -0.1) is 0 Å². The SMILES string of the molecule is COc1c(C)cccc1[C@](C)(N)CO. The maximum absolute atomic E-state index is 9.18. The largest absolute Gasteiger partial charge is 0.496 e. The molecule has 0 aliphatic rings.